The predicted octanol–water partition coefficient (Wildman–Crippen LogP) is 4.56. The third-order valence-electron chi connectivity index (χ3n) is 6.54. The van der Waals surface area contributed by atoms with Crippen LogP contribution in [0.15, 0.2) is 41.4 Å². The van der Waals surface area contributed by atoms with E-state index in [9.17, 15) is 4.39 Å². The highest BCUT2D eigenvalue weighted by atomic mass is 35.5. The number of nitrogens with zero attached hydrogens (tertiary/aromatic N) is 5. The first-order chi connectivity index (χ1) is 15.7. The van der Waals surface area contributed by atoms with Gasteiger partial charge < -0.3 is 14.1 Å². The number of halogens is 2. The molecular weight excluding hydrogens is 433 g/mol. The molecule has 2 aliphatic rings. The SMILES string of the molecule is Fc1cc(OCCC2CC2C2CCN(c3ncc(Cl)cn3)CC2)ccc1Cc1nnco1. The molecule has 7 nitrogen and oxygen atoms in total. The molecule has 0 amide bonds. The van der Waals surface area contributed by atoms with Crippen molar-refractivity contribution in [3.05, 3.63) is 59.3 Å². The highest BCUT2D eigenvalue weighted by molar-refractivity contribution is 6.30. The van der Waals surface area contributed by atoms with E-state index in [1.807, 2.05) is 0 Å². The van der Waals surface area contributed by atoms with Crippen LogP contribution in [-0.2, 0) is 6.42 Å². The fourth-order valence-corrected chi connectivity index (χ4v) is 4.80. The normalized spacial score (nSPS) is 21.0. The zero-order chi connectivity index (χ0) is 21.9. The van der Waals surface area contributed by atoms with Gasteiger partial charge in [-0.25, -0.2) is 14.4 Å². The maximum absolute atomic E-state index is 14.3. The number of aromatic nitrogens is 4. The van der Waals surface area contributed by atoms with Crippen LogP contribution in [0.2, 0.25) is 5.02 Å². The lowest BCUT2D eigenvalue weighted by atomic mass is 9.90. The summed E-state index contributed by atoms with van der Waals surface area (Å²) >= 11 is 5.88. The van der Waals surface area contributed by atoms with Gasteiger partial charge in [0, 0.05) is 19.2 Å². The second kappa shape index (κ2) is 9.40. The number of rotatable bonds is 8. The lowest BCUT2D eigenvalue weighted by Gasteiger charge is -2.32. The molecule has 2 aromatic heterocycles. The lowest BCUT2D eigenvalue weighted by molar-refractivity contribution is 0.283. The molecule has 1 aliphatic heterocycles. The molecule has 2 fully saturated rings. The molecule has 2 atom stereocenters. The van der Waals surface area contributed by atoms with Gasteiger partial charge >= 0.3 is 0 Å². The maximum Gasteiger partial charge on any atom is 0.225 e. The van der Waals surface area contributed by atoms with Crippen LogP contribution in [0, 0.1) is 23.6 Å². The Hall–Kier alpha value is -2.74. The van der Waals surface area contributed by atoms with Gasteiger partial charge in [0.2, 0.25) is 18.2 Å². The van der Waals surface area contributed by atoms with Crippen molar-refractivity contribution in [3.63, 3.8) is 0 Å². The van der Waals surface area contributed by atoms with E-state index in [0.717, 1.165) is 37.3 Å². The molecule has 1 aromatic carbocycles. The Morgan fingerprint density at radius 3 is 2.72 bits per heavy atom. The van der Waals surface area contributed by atoms with Crippen LogP contribution in [-0.4, -0.2) is 39.9 Å². The zero-order valence-electron chi connectivity index (χ0n) is 17.7. The standard InChI is InChI=1S/C23H25ClFN5O2/c24-18-12-26-23(27-13-18)30-6-3-15(4-7-30)20-9-16(20)5-8-31-19-2-1-17(21(25)11-19)10-22-29-28-14-32-22/h1-2,11-16,20H,3-10H2. The number of ether oxygens (including phenoxy) is 1. The highest BCUT2D eigenvalue weighted by Crippen LogP contribution is 2.49. The van der Waals surface area contributed by atoms with Crippen LogP contribution < -0.4 is 9.64 Å². The van der Waals surface area contributed by atoms with Gasteiger partial charge in [-0.1, -0.05) is 17.7 Å². The molecule has 5 rings (SSSR count). The third kappa shape index (κ3) is 5.01. The molecule has 0 N–H and O–H groups in total. The van der Waals surface area contributed by atoms with E-state index in [1.54, 1.807) is 24.5 Å². The van der Waals surface area contributed by atoms with Crippen LogP contribution in [0.3, 0.4) is 0 Å². The Balaban J connectivity index is 1.04. The van der Waals surface area contributed by atoms with Crippen molar-refractivity contribution in [3.8, 4) is 5.75 Å². The van der Waals surface area contributed by atoms with E-state index in [0.29, 0.717) is 34.8 Å². The molecule has 32 heavy (non-hydrogen) atoms. The number of benzene rings is 1. The van der Waals surface area contributed by atoms with E-state index in [2.05, 4.69) is 25.1 Å². The highest BCUT2D eigenvalue weighted by Gasteiger charge is 2.43. The fraction of sp³-hybridized carbons (Fsp3) is 0.478. The van der Waals surface area contributed by atoms with Crippen molar-refractivity contribution in [1.29, 1.82) is 0 Å². The quantitative estimate of drug-likeness (QED) is 0.490. The summed E-state index contributed by atoms with van der Waals surface area (Å²) in [4.78, 5) is 10.9. The van der Waals surface area contributed by atoms with Crippen LogP contribution in [0.5, 0.6) is 5.75 Å². The van der Waals surface area contributed by atoms with Gasteiger partial charge in [-0.15, -0.1) is 10.2 Å². The van der Waals surface area contributed by atoms with E-state index >= 15 is 0 Å². The van der Waals surface area contributed by atoms with Gasteiger partial charge in [-0.3, -0.25) is 0 Å². The molecule has 2 unspecified atom stereocenters. The summed E-state index contributed by atoms with van der Waals surface area (Å²) in [6.45, 7) is 2.59. The van der Waals surface area contributed by atoms with Crippen LogP contribution >= 0.6 is 11.6 Å². The second-order valence-corrected chi connectivity index (χ2v) is 9.02. The maximum atomic E-state index is 14.3. The third-order valence-corrected chi connectivity index (χ3v) is 6.74. The van der Waals surface area contributed by atoms with Gasteiger partial charge in [0.1, 0.15) is 11.6 Å². The smallest absolute Gasteiger partial charge is 0.225 e. The van der Waals surface area contributed by atoms with Crippen LogP contribution in [0.1, 0.15) is 37.1 Å². The molecule has 1 saturated carbocycles. The topological polar surface area (TPSA) is 77.2 Å². The number of anilines is 1. The van der Waals surface area contributed by atoms with E-state index < -0.39 is 0 Å². The van der Waals surface area contributed by atoms with Gasteiger partial charge in [0.15, 0.2) is 0 Å². The molecular formula is C23H25ClFN5O2. The second-order valence-electron chi connectivity index (χ2n) is 8.58. The summed E-state index contributed by atoms with van der Waals surface area (Å²) in [6.07, 6.45) is 9.44. The Labute approximate surface area is 191 Å². The van der Waals surface area contributed by atoms with Crippen molar-refractivity contribution >= 4 is 17.5 Å². The van der Waals surface area contributed by atoms with E-state index in [-0.39, 0.29) is 12.2 Å². The van der Waals surface area contributed by atoms with Gasteiger partial charge in [0.25, 0.3) is 0 Å². The summed E-state index contributed by atoms with van der Waals surface area (Å²) in [5, 5.41) is 7.97. The largest absolute Gasteiger partial charge is 0.493 e. The zero-order valence-corrected chi connectivity index (χ0v) is 18.4. The average molecular weight is 458 g/mol. The number of piperidine rings is 1. The fourth-order valence-electron chi connectivity index (χ4n) is 4.70. The first-order valence-electron chi connectivity index (χ1n) is 11.0. The summed E-state index contributed by atoms with van der Waals surface area (Å²) in [5.74, 6) is 3.64. The van der Waals surface area contributed by atoms with Crippen LogP contribution in [0.25, 0.3) is 0 Å². The van der Waals surface area contributed by atoms with Crippen LogP contribution in [0.4, 0.5) is 10.3 Å². The predicted molar refractivity (Wildman–Crippen MR) is 117 cm³/mol. The van der Waals surface area contributed by atoms with E-state index in [4.69, 9.17) is 20.8 Å². The summed E-state index contributed by atoms with van der Waals surface area (Å²) in [7, 11) is 0. The van der Waals surface area contributed by atoms with Gasteiger partial charge in [0.05, 0.1) is 30.4 Å². The average Bonchev–Trinajstić information content (AvgIpc) is 3.39. The Bertz CT molecular complexity index is 1030. The molecule has 0 bridgehead atoms. The van der Waals surface area contributed by atoms with Crippen molar-refractivity contribution in [2.45, 2.75) is 32.1 Å². The van der Waals surface area contributed by atoms with Gasteiger partial charge in [-0.05, 0) is 55.1 Å². The Morgan fingerprint density at radius 2 is 2.00 bits per heavy atom. The van der Waals surface area contributed by atoms with Gasteiger partial charge in [-0.2, -0.15) is 0 Å². The first-order valence-corrected chi connectivity index (χ1v) is 11.4. The number of hydrogen-bond donors (Lipinski definition) is 0. The summed E-state index contributed by atoms with van der Waals surface area (Å²) < 4.78 is 25.2. The number of hydrogen-bond acceptors (Lipinski definition) is 7. The minimum absolute atomic E-state index is 0.277. The molecule has 1 saturated heterocycles. The van der Waals surface area contributed by atoms with Crippen molar-refractivity contribution in [2.75, 3.05) is 24.6 Å². The minimum atomic E-state index is -0.318. The van der Waals surface area contributed by atoms with E-state index in [1.165, 1.54) is 31.7 Å². The summed E-state index contributed by atoms with van der Waals surface area (Å²) in [5.41, 5.74) is 0.513. The Kier molecular flexibility index (Phi) is 6.21. The molecule has 0 spiro atoms. The Morgan fingerprint density at radius 1 is 1.19 bits per heavy atom. The van der Waals surface area contributed by atoms with Crippen molar-refractivity contribution in [2.24, 2.45) is 17.8 Å². The molecule has 9 heteroatoms. The molecule has 3 heterocycles. The molecule has 3 aromatic rings. The molecule has 1 aliphatic carbocycles. The summed E-state index contributed by atoms with van der Waals surface area (Å²) in [6, 6.07) is 4.95. The molecule has 0 radical (unpaired) electrons. The molecule has 168 valence electrons. The first kappa shape index (κ1) is 21.1. The monoisotopic (exact) mass is 457 g/mol. The van der Waals surface area contributed by atoms with Crippen molar-refractivity contribution in [1.82, 2.24) is 20.2 Å². The van der Waals surface area contributed by atoms with Crippen molar-refractivity contribution < 1.29 is 13.5 Å². The minimum Gasteiger partial charge on any atom is -0.493 e. The lowest BCUT2D eigenvalue weighted by Crippen LogP contribution is -2.35.